The van der Waals surface area contributed by atoms with E-state index in [1.807, 2.05) is 18.2 Å². The molecule has 0 amide bonds. The zero-order valence-corrected chi connectivity index (χ0v) is 22.4. The zero-order chi connectivity index (χ0) is 27.2. The minimum Gasteiger partial charge on any atom is -0.297 e. The maximum atomic E-state index is 5.18. The van der Waals surface area contributed by atoms with Crippen molar-refractivity contribution in [3.63, 3.8) is 0 Å². The molecule has 8 rings (SSSR count). The first-order valence-corrected chi connectivity index (χ1v) is 14.0. The van der Waals surface area contributed by atoms with Crippen LogP contribution >= 0.6 is 0 Å². The first kappa shape index (κ1) is 23.5. The fourth-order valence-electron chi connectivity index (χ4n) is 5.91. The molecule has 0 saturated carbocycles. The Hall–Kier alpha value is -5.35. The second-order valence-corrected chi connectivity index (χ2v) is 10.4. The Balaban J connectivity index is 1.45. The second-order valence-electron chi connectivity index (χ2n) is 10.4. The lowest BCUT2D eigenvalue weighted by Crippen LogP contribution is -2.27. The number of para-hydroxylation sites is 2. The van der Waals surface area contributed by atoms with E-state index in [0.717, 1.165) is 68.3 Å². The van der Waals surface area contributed by atoms with Crippen molar-refractivity contribution in [1.82, 2.24) is 19.4 Å². The summed E-state index contributed by atoms with van der Waals surface area (Å²) < 4.78 is 2.21. The van der Waals surface area contributed by atoms with E-state index in [0.29, 0.717) is 0 Å². The van der Waals surface area contributed by atoms with Crippen molar-refractivity contribution in [1.29, 1.82) is 0 Å². The fraction of sp³-hybridized carbons (Fsp3) is 0.0541. The van der Waals surface area contributed by atoms with Gasteiger partial charge in [0.15, 0.2) is 0 Å². The van der Waals surface area contributed by atoms with E-state index in [-0.39, 0.29) is 0 Å². The summed E-state index contributed by atoms with van der Waals surface area (Å²) in [5.74, 6) is 0. The molecule has 0 radical (unpaired) electrons. The largest absolute Gasteiger partial charge is 0.297 e. The summed E-state index contributed by atoms with van der Waals surface area (Å²) >= 11 is 0. The van der Waals surface area contributed by atoms with Crippen LogP contribution in [-0.2, 0) is 0 Å². The first-order valence-electron chi connectivity index (χ1n) is 14.0. The van der Waals surface area contributed by atoms with Gasteiger partial charge in [0.2, 0.25) is 0 Å². The quantitative estimate of drug-likeness (QED) is 0.241. The summed E-state index contributed by atoms with van der Waals surface area (Å²) in [6.07, 6.45) is 15.0. The van der Waals surface area contributed by atoms with Gasteiger partial charge in [-0.1, -0.05) is 97.1 Å². The van der Waals surface area contributed by atoms with Crippen molar-refractivity contribution in [2.45, 2.75) is 12.8 Å². The molecule has 0 unspecified atom stereocenters. The van der Waals surface area contributed by atoms with Gasteiger partial charge >= 0.3 is 0 Å². The molecule has 7 aromatic rings. The average molecular weight is 527 g/mol. The molecular weight excluding hydrogens is 500 g/mol. The summed E-state index contributed by atoms with van der Waals surface area (Å²) in [6.45, 7) is 0. The minimum atomic E-state index is 0.827. The normalized spacial score (nSPS) is 17.3. The highest BCUT2D eigenvalue weighted by Gasteiger charge is 2.18. The number of rotatable bonds is 2. The molecule has 1 aliphatic carbocycles. The molecule has 0 fully saturated rings. The van der Waals surface area contributed by atoms with E-state index in [1.54, 1.807) is 0 Å². The Morgan fingerprint density at radius 3 is 2.46 bits per heavy atom. The van der Waals surface area contributed by atoms with Crippen molar-refractivity contribution in [2.75, 3.05) is 0 Å². The maximum Gasteiger partial charge on any atom is 0.138 e. The Morgan fingerprint density at radius 2 is 1.49 bits per heavy atom. The number of aromatic nitrogens is 4. The van der Waals surface area contributed by atoms with Crippen molar-refractivity contribution >= 4 is 50.1 Å². The summed E-state index contributed by atoms with van der Waals surface area (Å²) in [6, 6.07) is 33.7. The SMILES string of the molecule is C1=C\C/C=c2/cccc/c2=C(\c2ccc3nc4c5ccccc5nc(-c5ccc6ccccc6n5)c4n3c2)C\C=C/1. The molecular formula is C37H26N4. The van der Waals surface area contributed by atoms with Gasteiger partial charge < -0.3 is 0 Å². The van der Waals surface area contributed by atoms with Crippen LogP contribution in [0, 0.1) is 0 Å². The van der Waals surface area contributed by atoms with E-state index in [2.05, 4.69) is 120 Å². The number of nitrogens with zero attached hydrogens (tertiary/aromatic N) is 4. The molecule has 4 aromatic heterocycles. The van der Waals surface area contributed by atoms with Crippen LogP contribution in [0.25, 0.3) is 61.5 Å². The molecule has 0 N–H and O–H groups in total. The topological polar surface area (TPSA) is 43.1 Å². The van der Waals surface area contributed by atoms with Crippen LogP contribution < -0.4 is 10.4 Å². The van der Waals surface area contributed by atoms with Crippen LogP contribution in [0.15, 0.2) is 128 Å². The number of hydrogen-bond donors (Lipinski definition) is 0. The number of hydrogen-bond acceptors (Lipinski definition) is 3. The van der Waals surface area contributed by atoms with Gasteiger partial charge in [-0.15, -0.1) is 0 Å². The van der Waals surface area contributed by atoms with Gasteiger partial charge in [-0.3, -0.25) is 4.40 Å². The third-order valence-corrected chi connectivity index (χ3v) is 7.89. The van der Waals surface area contributed by atoms with Crippen molar-refractivity contribution in [2.24, 2.45) is 0 Å². The number of allylic oxidation sites excluding steroid dienone is 4. The van der Waals surface area contributed by atoms with Gasteiger partial charge in [-0.2, -0.15) is 0 Å². The molecule has 194 valence electrons. The summed E-state index contributed by atoms with van der Waals surface area (Å²) in [5, 5.41) is 4.67. The molecule has 41 heavy (non-hydrogen) atoms. The monoisotopic (exact) mass is 526 g/mol. The van der Waals surface area contributed by atoms with Gasteiger partial charge in [0.25, 0.3) is 0 Å². The molecule has 0 spiro atoms. The van der Waals surface area contributed by atoms with Crippen LogP contribution in [-0.4, -0.2) is 19.4 Å². The predicted molar refractivity (Wildman–Crippen MR) is 169 cm³/mol. The predicted octanol–water partition coefficient (Wildman–Crippen LogP) is 7.14. The van der Waals surface area contributed by atoms with E-state index in [4.69, 9.17) is 15.0 Å². The second kappa shape index (κ2) is 9.68. The summed E-state index contributed by atoms with van der Waals surface area (Å²) in [7, 11) is 0. The van der Waals surface area contributed by atoms with E-state index < -0.39 is 0 Å². The number of fused-ring (bicyclic) bond motifs is 7. The molecule has 0 atom stereocenters. The lowest BCUT2D eigenvalue weighted by Gasteiger charge is -2.10. The van der Waals surface area contributed by atoms with Gasteiger partial charge in [-0.05, 0) is 64.7 Å². The van der Waals surface area contributed by atoms with E-state index >= 15 is 0 Å². The Kier molecular flexibility index (Phi) is 5.56. The Morgan fingerprint density at radius 1 is 0.659 bits per heavy atom. The number of benzene rings is 3. The summed E-state index contributed by atoms with van der Waals surface area (Å²) in [4.78, 5) is 15.4. The highest BCUT2D eigenvalue weighted by molar-refractivity contribution is 6.09. The highest BCUT2D eigenvalue weighted by atomic mass is 15.0. The molecule has 3 aromatic carbocycles. The van der Waals surface area contributed by atoms with Crippen LogP contribution in [0.1, 0.15) is 18.4 Å². The smallest absolute Gasteiger partial charge is 0.138 e. The standard InChI is InChI=1S/C37H26N4/c1-2-4-12-25-13-6-8-16-28(25)29(15-5-3-1)27-21-23-34-40-35-30-17-9-11-19-32(30)39-36(37(35)41(34)24-27)33-22-20-26-14-7-10-18-31(26)38-33/h1-3,5-14,16-24H,4,15H2/b2-1-,5-3-,25-12-,29-28+. The molecule has 0 saturated heterocycles. The van der Waals surface area contributed by atoms with Crippen molar-refractivity contribution in [3.8, 4) is 11.4 Å². The lowest BCUT2D eigenvalue weighted by atomic mass is 9.99. The minimum absolute atomic E-state index is 0.827. The third-order valence-electron chi connectivity index (χ3n) is 7.89. The van der Waals surface area contributed by atoms with Gasteiger partial charge in [-0.25, -0.2) is 15.0 Å². The first-order chi connectivity index (χ1) is 20.3. The average Bonchev–Trinajstić information content (AvgIpc) is 3.42. The van der Waals surface area contributed by atoms with Crippen LogP contribution in [0.2, 0.25) is 0 Å². The number of imidazole rings is 1. The fourth-order valence-corrected chi connectivity index (χ4v) is 5.91. The van der Waals surface area contributed by atoms with Crippen molar-refractivity contribution in [3.05, 3.63) is 144 Å². The molecule has 0 aliphatic heterocycles. The Labute approximate surface area is 237 Å². The van der Waals surface area contributed by atoms with Crippen molar-refractivity contribution < 1.29 is 0 Å². The third kappa shape index (κ3) is 4.04. The molecule has 4 heterocycles. The number of pyridine rings is 3. The highest BCUT2D eigenvalue weighted by Crippen LogP contribution is 2.33. The van der Waals surface area contributed by atoms with Crippen LogP contribution in [0.5, 0.6) is 0 Å². The van der Waals surface area contributed by atoms with E-state index in [9.17, 15) is 0 Å². The van der Waals surface area contributed by atoms with Crippen LogP contribution in [0.3, 0.4) is 0 Å². The lowest BCUT2D eigenvalue weighted by molar-refractivity contribution is 1.19. The van der Waals surface area contributed by atoms with Gasteiger partial charge in [0, 0.05) is 17.0 Å². The van der Waals surface area contributed by atoms with Gasteiger partial charge in [0.05, 0.1) is 16.7 Å². The van der Waals surface area contributed by atoms with Crippen LogP contribution in [0.4, 0.5) is 0 Å². The Bertz CT molecular complexity index is 2320. The molecule has 4 heteroatoms. The zero-order valence-electron chi connectivity index (χ0n) is 22.4. The van der Waals surface area contributed by atoms with E-state index in [1.165, 1.54) is 16.0 Å². The molecule has 0 bridgehead atoms. The molecule has 4 nitrogen and oxygen atoms in total. The molecule has 1 aliphatic rings. The summed E-state index contributed by atoms with van der Waals surface area (Å²) in [5.41, 5.74) is 8.80. The van der Waals surface area contributed by atoms with Gasteiger partial charge in [0.1, 0.15) is 22.4 Å². The maximum absolute atomic E-state index is 5.18.